The second-order valence-electron chi connectivity index (χ2n) is 5.28. The average molecular weight is 459 g/mol. The third-order valence-electron chi connectivity index (χ3n) is 3.96. The van der Waals surface area contributed by atoms with Gasteiger partial charge in [0.15, 0.2) is 0 Å². The molecule has 0 N–H and O–H groups in total. The first-order valence-corrected chi connectivity index (χ1v) is 11.7. The third-order valence-corrected chi connectivity index (χ3v) is 10.3. The fraction of sp³-hybridized carbons (Fsp3) is 0. The van der Waals surface area contributed by atoms with E-state index in [2.05, 4.69) is 84.9 Å². The van der Waals surface area contributed by atoms with Crippen LogP contribution in [0.3, 0.4) is 0 Å². The average Bonchev–Trinajstić information content (AvgIpc) is 2.56. The molecule has 0 heterocycles. The van der Waals surface area contributed by atoms with E-state index < -0.39 is 24.2 Å². The SMILES string of the molecule is c1ccc2[c]([Tl][c]3cccc4ccccc34)cccc2c1. The Hall–Kier alpha value is -1.68. The monoisotopic (exact) mass is 459 g/mol. The van der Waals surface area contributed by atoms with E-state index in [1.165, 1.54) is 21.5 Å². The summed E-state index contributed by atoms with van der Waals surface area (Å²) in [6, 6.07) is 31.0. The number of hydrogen-bond donors (Lipinski definition) is 0. The summed E-state index contributed by atoms with van der Waals surface area (Å²) >= 11 is -1.20. The van der Waals surface area contributed by atoms with E-state index in [0.717, 1.165) is 0 Å². The van der Waals surface area contributed by atoms with Gasteiger partial charge in [0.05, 0.1) is 0 Å². The molecule has 4 rings (SSSR count). The van der Waals surface area contributed by atoms with Gasteiger partial charge in [-0.2, -0.15) is 0 Å². The molecule has 4 aromatic rings. The molecule has 0 aliphatic heterocycles. The van der Waals surface area contributed by atoms with Crippen LogP contribution in [0, 0.1) is 0 Å². The summed E-state index contributed by atoms with van der Waals surface area (Å²) < 4.78 is 3.20. The molecule has 0 aromatic heterocycles. The minimum atomic E-state index is -1.20. The van der Waals surface area contributed by atoms with Gasteiger partial charge in [-0.3, -0.25) is 0 Å². The first-order chi connectivity index (χ1) is 10.4. The Labute approximate surface area is 136 Å². The molecule has 1 heteroatoms. The van der Waals surface area contributed by atoms with Gasteiger partial charge in [-0.15, -0.1) is 0 Å². The molecule has 4 aromatic carbocycles. The third kappa shape index (κ3) is 2.48. The van der Waals surface area contributed by atoms with Crippen molar-refractivity contribution in [2.24, 2.45) is 0 Å². The summed E-state index contributed by atoms with van der Waals surface area (Å²) in [4.78, 5) is 0. The zero-order valence-corrected chi connectivity index (χ0v) is 16.1. The Balaban J connectivity index is 1.87. The van der Waals surface area contributed by atoms with Gasteiger partial charge < -0.3 is 0 Å². The number of rotatable bonds is 2. The van der Waals surface area contributed by atoms with Crippen LogP contribution < -0.4 is 6.25 Å². The molecule has 0 amide bonds. The van der Waals surface area contributed by atoms with E-state index in [9.17, 15) is 0 Å². The molecular formula is C20H14Tl. The molecule has 0 fully saturated rings. The maximum atomic E-state index is 2.33. The molecule has 0 atom stereocenters. The van der Waals surface area contributed by atoms with Gasteiger partial charge in [-0.25, -0.2) is 0 Å². The van der Waals surface area contributed by atoms with Gasteiger partial charge in [0.2, 0.25) is 0 Å². The van der Waals surface area contributed by atoms with Crippen molar-refractivity contribution in [3.63, 3.8) is 0 Å². The van der Waals surface area contributed by atoms with Gasteiger partial charge in [0, 0.05) is 0 Å². The molecule has 0 nitrogen and oxygen atoms in total. The van der Waals surface area contributed by atoms with Crippen LogP contribution in [0.5, 0.6) is 0 Å². The van der Waals surface area contributed by atoms with Crippen LogP contribution in [0.15, 0.2) is 84.9 Å². The van der Waals surface area contributed by atoms with Crippen LogP contribution in [-0.2, 0) is 0 Å². The minimum absolute atomic E-state index is 1.20. The number of fused-ring (bicyclic) bond motifs is 2. The van der Waals surface area contributed by atoms with Gasteiger partial charge in [-0.1, -0.05) is 0 Å². The van der Waals surface area contributed by atoms with Crippen molar-refractivity contribution in [3.8, 4) is 0 Å². The first-order valence-electron chi connectivity index (χ1n) is 7.22. The summed E-state index contributed by atoms with van der Waals surface area (Å²) in [5.74, 6) is 0. The van der Waals surface area contributed by atoms with Crippen molar-refractivity contribution in [2.45, 2.75) is 0 Å². The quantitative estimate of drug-likeness (QED) is 0.402. The van der Waals surface area contributed by atoms with Gasteiger partial charge >= 0.3 is 137 Å². The number of hydrogen-bond acceptors (Lipinski definition) is 0. The molecule has 0 saturated carbocycles. The summed E-state index contributed by atoms with van der Waals surface area (Å²) in [6.07, 6.45) is 0. The Morgan fingerprint density at radius 1 is 0.429 bits per heavy atom. The Morgan fingerprint density at radius 2 is 0.857 bits per heavy atom. The zero-order valence-electron chi connectivity index (χ0n) is 11.7. The fourth-order valence-electron chi connectivity index (χ4n) is 2.92. The molecule has 0 radical (unpaired) electrons. The van der Waals surface area contributed by atoms with Crippen molar-refractivity contribution in [1.29, 1.82) is 0 Å². The molecule has 0 unspecified atom stereocenters. The molecular weight excluding hydrogens is 445 g/mol. The standard InChI is InChI=1S/2C10H7.Tl/c2*1-2-6-10-8-4-3-7-9(10)5-1;/h2*1-7H;. The van der Waals surface area contributed by atoms with Crippen molar-refractivity contribution in [1.82, 2.24) is 0 Å². The van der Waals surface area contributed by atoms with Gasteiger partial charge in [0.1, 0.15) is 0 Å². The second-order valence-corrected chi connectivity index (χ2v) is 11.2. The zero-order chi connectivity index (χ0) is 14.1. The van der Waals surface area contributed by atoms with Crippen LogP contribution in [-0.4, -0.2) is 24.2 Å². The van der Waals surface area contributed by atoms with E-state index in [1.807, 2.05) is 0 Å². The van der Waals surface area contributed by atoms with Crippen molar-refractivity contribution in [3.05, 3.63) is 84.9 Å². The molecule has 0 bridgehead atoms. The molecule has 21 heavy (non-hydrogen) atoms. The molecule has 0 aliphatic rings. The predicted molar refractivity (Wildman–Crippen MR) is 92.9 cm³/mol. The van der Waals surface area contributed by atoms with E-state index in [1.54, 1.807) is 6.25 Å². The summed E-state index contributed by atoms with van der Waals surface area (Å²) in [5.41, 5.74) is 0. The first kappa shape index (κ1) is 13.0. The van der Waals surface area contributed by atoms with Crippen LogP contribution in [0.4, 0.5) is 0 Å². The number of benzene rings is 4. The van der Waals surface area contributed by atoms with Crippen LogP contribution in [0.25, 0.3) is 21.5 Å². The molecule has 97 valence electrons. The van der Waals surface area contributed by atoms with E-state index in [-0.39, 0.29) is 0 Å². The van der Waals surface area contributed by atoms with Crippen LogP contribution in [0.1, 0.15) is 0 Å². The van der Waals surface area contributed by atoms with Gasteiger partial charge in [-0.05, 0) is 0 Å². The van der Waals surface area contributed by atoms with Crippen LogP contribution >= 0.6 is 0 Å². The van der Waals surface area contributed by atoms with Gasteiger partial charge in [0.25, 0.3) is 0 Å². The van der Waals surface area contributed by atoms with E-state index in [0.29, 0.717) is 0 Å². The Bertz CT molecular complexity index is 837. The Kier molecular flexibility index (Phi) is 3.47. The van der Waals surface area contributed by atoms with Crippen molar-refractivity contribution < 1.29 is 0 Å². The second kappa shape index (κ2) is 5.60. The Morgan fingerprint density at radius 3 is 1.38 bits per heavy atom. The van der Waals surface area contributed by atoms with Crippen LogP contribution in [0.2, 0.25) is 0 Å². The fourth-order valence-corrected chi connectivity index (χ4v) is 9.09. The normalized spacial score (nSPS) is 10.7. The molecule has 0 spiro atoms. The molecule has 0 saturated heterocycles. The summed E-state index contributed by atoms with van der Waals surface area (Å²) in [6.45, 7) is 0. The topological polar surface area (TPSA) is 0 Å². The van der Waals surface area contributed by atoms with E-state index in [4.69, 9.17) is 0 Å². The van der Waals surface area contributed by atoms with E-state index >= 15 is 0 Å². The van der Waals surface area contributed by atoms with Crippen molar-refractivity contribution in [2.75, 3.05) is 0 Å². The summed E-state index contributed by atoms with van der Waals surface area (Å²) in [7, 11) is 0. The summed E-state index contributed by atoms with van der Waals surface area (Å²) in [5, 5.41) is 5.63. The predicted octanol–water partition coefficient (Wildman–Crippen LogP) is 3.65. The molecule has 0 aliphatic carbocycles. The maximum absolute atomic E-state index is 2.33. The van der Waals surface area contributed by atoms with Crippen molar-refractivity contribution >= 4 is 52.0 Å².